The van der Waals surface area contributed by atoms with E-state index < -0.39 is 11.6 Å². The Hall–Kier alpha value is -1.94. The molecule has 2 nitrogen and oxygen atoms in total. The van der Waals surface area contributed by atoms with Gasteiger partial charge in [0.25, 0.3) is 0 Å². The van der Waals surface area contributed by atoms with E-state index in [1.807, 2.05) is 0 Å². The van der Waals surface area contributed by atoms with E-state index in [0.29, 0.717) is 0 Å². The van der Waals surface area contributed by atoms with Gasteiger partial charge in [-0.2, -0.15) is 0 Å². The summed E-state index contributed by atoms with van der Waals surface area (Å²) in [5, 5.41) is 8.88. The fourth-order valence-corrected chi connectivity index (χ4v) is 1.49. The molecule has 0 unspecified atom stereocenters. The second-order valence-corrected chi connectivity index (χ2v) is 3.84. The maximum absolute atomic E-state index is 13.3. The Balaban J connectivity index is 2.04. The van der Waals surface area contributed by atoms with Gasteiger partial charge in [-0.3, -0.25) is 0 Å². The van der Waals surface area contributed by atoms with Crippen molar-refractivity contribution in [3.8, 4) is 5.75 Å². The van der Waals surface area contributed by atoms with Crippen LogP contribution in [0.5, 0.6) is 5.75 Å². The van der Waals surface area contributed by atoms with Crippen LogP contribution in [0.4, 0.5) is 8.78 Å². The minimum absolute atomic E-state index is 0.0281. The fourth-order valence-electron chi connectivity index (χ4n) is 1.49. The van der Waals surface area contributed by atoms with E-state index in [1.165, 1.54) is 0 Å². The quantitative estimate of drug-likeness (QED) is 0.903. The topological polar surface area (TPSA) is 29.5 Å². The van der Waals surface area contributed by atoms with E-state index in [4.69, 9.17) is 9.84 Å². The number of hydrogen-bond donors (Lipinski definition) is 1. The monoisotopic (exact) mass is 250 g/mol. The molecule has 94 valence electrons. The Morgan fingerprint density at radius 3 is 2.28 bits per heavy atom. The average molecular weight is 250 g/mol. The van der Waals surface area contributed by atoms with Crippen LogP contribution in [0.25, 0.3) is 0 Å². The van der Waals surface area contributed by atoms with Crippen molar-refractivity contribution >= 4 is 0 Å². The number of halogens is 2. The third-order valence-electron chi connectivity index (χ3n) is 2.49. The van der Waals surface area contributed by atoms with Crippen LogP contribution in [0.15, 0.2) is 42.5 Å². The van der Waals surface area contributed by atoms with Gasteiger partial charge in [0.15, 0.2) is 11.6 Å². The number of benzene rings is 2. The number of aliphatic hydroxyl groups is 1. The first-order chi connectivity index (χ1) is 8.69. The summed E-state index contributed by atoms with van der Waals surface area (Å²) in [6, 6.07) is 10.1. The standard InChI is InChI=1S/C14H12F2O2/c15-12-5-6-13(16)14(7-12)18-9-11-3-1-10(8-17)2-4-11/h1-7,17H,8-9H2. The molecule has 0 aliphatic heterocycles. The highest BCUT2D eigenvalue weighted by molar-refractivity contribution is 5.26. The Morgan fingerprint density at radius 1 is 0.944 bits per heavy atom. The van der Waals surface area contributed by atoms with Crippen molar-refractivity contribution in [2.24, 2.45) is 0 Å². The number of hydrogen-bond acceptors (Lipinski definition) is 2. The normalized spacial score (nSPS) is 10.4. The van der Waals surface area contributed by atoms with Crippen molar-refractivity contribution in [2.75, 3.05) is 0 Å². The lowest BCUT2D eigenvalue weighted by Gasteiger charge is -2.07. The molecule has 2 aromatic carbocycles. The molecule has 0 heterocycles. The predicted molar refractivity (Wildman–Crippen MR) is 63.1 cm³/mol. The average Bonchev–Trinajstić information content (AvgIpc) is 2.40. The van der Waals surface area contributed by atoms with Crippen molar-refractivity contribution in [1.82, 2.24) is 0 Å². The highest BCUT2D eigenvalue weighted by Crippen LogP contribution is 2.19. The summed E-state index contributed by atoms with van der Waals surface area (Å²) in [5.41, 5.74) is 1.60. The molecule has 0 spiro atoms. The van der Waals surface area contributed by atoms with Crippen molar-refractivity contribution in [2.45, 2.75) is 13.2 Å². The van der Waals surface area contributed by atoms with Crippen LogP contribution in [0, 0.1) is 11.6 Å². The lowest BCUT2D eigenvalue weighted by atomic mass is 10.1. The summed E-state index contributed by atoms with van der Waals surface area (Å²) >= 11 is 0. The second-order valence-electron chi connectivity index (χ2n) is 3.84. The van der Waals surface area contributed by atoms with Gasteiger partial charge in [-0.15, -0.1) is 0 Å². The number of rotatable bonds is 4. The first-order valence-corrected chi connectivity index (χ1v) is 5.45. The molecule has 0 aromatic heterocycles. The van der Waals surface area contributed by atoms with Gasteiger partial charge in [-0.25, -0.2) is 8.78 Å². The molecule has 0 fully saturated rings. The van der Waals surface area contributed by atoms with Crippen LogP contribution >= 0.6 is 0 Å². The maximum Gasteiger partial charge on any atom is 0.165 e. The zero-order valence-corrected chi connectivity index (χ0v) is 9.57. The van der Waals surface area contributed by atoms with Gasteiger partial charge in [0, 0.05) is 6.07 Å². The fraction of sp³-hybridized carbons (Fsp3) is 0.143. The van der Waals surface area contributed by atoms with E-state index in [1.54, 1.807) is 24.3 Å². The van der Waals surface area contributed by atoms with Crippen molar-refractivity contribution in [1.29, 1.82) is 0 Å². The maximum atomic E-state index is 13.3. The molecule has 0 amide bonds. The van der Waals surface area contributed by atoms with E-state index in [9.17, 15) is 8.78 Å². The summed E-state index contributed by atoms with van der Waals surface area (Å²) in [6.07, 6.45) is 0. The van der Waals surface area contributed by atoms with Gasteiger partial charge in [0.1, 0.15) is 12.4 Å². The molecule has 0 bridgehead atoms. The Labute approximate surface area is 103 Å². The summed E-state index contributed by atoms with van der Waals surface area (Å²) in [7, 11) is 0. The Morgan fingerprint density at radius 2 is 1.61 bits per heavy atom. The zero-order valence-electron chi connectivity index (χ0n) is 9.57. The van der Waals surface area contributed by atoms with Crippen LogP contribution in [0.3, 0.4) is 0 Å². The third kappa shape index (κ3) is 3.05. The first kappa shape index (κ1) is 12.5. The predicted octanol–water partition coefficient (Wildman–Crippen LogP) is 3.04. The summed E-state index contributed by atoms with van der Waals surface area (Å²) in [4.78, 5) is 0. The SMILES string of the molecule is OCc1ccc(COc2cc(F)ccc2F)cc1. The molecule has 0 saturated heterocycles. The minimum Gasteiger partial charge on any atom is -0.486 e. The zero-order chi connectivity index (χ0) is 13.0. The molecule has 0 atom stereocenters. The molecule has 1 N–H and O–H groups in total. The smallest absolute Gasteiger partial charge is 0.165 e. The molecule has 18 heavy (non-hydrogen) atoms. The van der Waals surface area contributed by atoms with Crippen LogP contribution in [0.1, 0.15) is 11.1 Å². The van der Waals surface area contributed by atoms with Gasteiger partial charge in [0.2, 0.25) is 0 Å². The van der Waals surface area contributed by atoms with Gasteiger partial charge < -0.3 is 9.84 Å². The highest BCUT2D eigenvalue weighted by Gasteiger charge is 2.05. The molecule has 2 rings (SSSR count). The van der Waals surface area contributed by atoms with E-state index in [2.05, 4.69) is 0 Å². The van der Waals surface area contributed by atoms with Crippen LogP contribution in [-0.2, 0) is 13.2 Å². The molecule has 0 aliphatic rings. The molecule has 2 aromatic rings. The van der Waals surface area contributed by atoms with Crippen LogP contribution in [0.2, 0.25) is 0 Å². The molecule has 0 radical (unpaired) electrons. The second kappa shape index (κ2) is 5.60. The Kier molecular flexibility index (Phi) is 3.89. The van der Waals surface area contributed by atoms with E-state index >= 15 is 0 Å². The van der Waals surface area contributed by atoms with Gasteiger partial charge in [-0.1, -0.05) is 24.3 Å². The van der Waals surface area contributed by atoms with Crippen LogP contribution < -0.4 is 4.74 Å². The molecule has 0 aliphatic carbocycles. The minimum atomic E-state index is -0.594. The molecule has 4 heteroatoms. The van der Waals surface area contributed by atoms with Crippen LogP contribution in [-0.4, -0.2) is 5.11 Å². The first-order valence-electron chi connectivity index (χ1n) is 5.45. The van der Waals surface area contributed by atoms with Gasteiger partial charge in [0.05, 0.1) is 6.61 Å². The highest BCUT2D eigenvalue weighted by atomic mass is 19.1. The van der Waals surface area contributed by atoms with Crippen molar-refractivity contribution < 1.29 is 18.6 Å². The Bertz CT molecular complexity index is 524. The van der Waals surface area contributed by atoms with E-state index in [-0.39, 0.29) is 19.0 Å². The lowest BCUT2D eigenvalue weighted by Crippen LogP contribution is -1.98. The van der Waals surface area contributed by atoms with Gasteiger partial charge in [-0.05, 0) is 23.3 Å². The number of ether oxygens (including phenoxy) is 1. The van der Waals surface area contributed by atoms with Crippen molar-refractivity contribution in [3.05, 3.63) is 65.2 Å². The van der Waals surface area contributed by atoms with Crippen molar-refractivity contribution in [3.63, 3.8) is 0 Å². The lowest BCUT2D eigenvalue weighted by molar-refractivity contribution is 0.280. The third-order valence-corrected chi connectivity index (χ3v) is 2.49. The largest absolute Gasteiger partial charge is 0.486 e. The molecular formula is C14H12F2O2. The summed E-state index contributed by atoms with van der Waals surface area (Å²) in [5.74, 6) is -1.24. The molecular weight excluding hydrogens is 238 g/mol. The molecule has 0 saturated carbocycles. The number of aliphatic hydroxyl groups excluding tert-OH is 1. The van der Waals surface area contributed by atoms with Gasteiger partial charge >= 0.3 is 0 Å². The summed E-state index contributed by atoms with van der Waals surface area (Å²) in [6.45, 7) is 0.117. The van der Waals surface area contributed by atoms with E-state index in [0.717, 1.165) is 29.3 Å². The summed E-state index contributed by atoms with van der Waals surface area (Å²) < 4.78 is 31.4.